The number of aromatic carboxylic acids is 1. The lowest BCUT2D eigenvalue weighted by Crippen LogP contribution is -2.03. The van der Waals surface area contributed by atoms with E-state index in [2.05, 4.69) is 5.10 Å². The van der Waals surface area contributed by atoms with Crippen molar-refractivity contribution in [2.75, 3.05) is 0 Å². The number of aromatic nitrogens is 2. The van der Waals surface area contributed by atoms with Gasteiger partial charge >= 0.3 is 5.97 Å². The molecule has 5 heteroatoms. The zero-order valence-electron chi connectivity index (χ0n) is 8.96. The normalized spacial score (nSPS) is 13.6. The number of rotatable bonds is 2. The summed E-state index contributed by atoms with van der Waals surface area (Å²) in [6.45, 7) is 0. The van der Waals surface area contributed by atoms with Gasteiger partial charge in [-0.2, -0.15) is 16.9 Å². The Balaban J connectivity index is 2.19. The Kier molecular flexibility index (Phi) is 2.40. The van der Waals surface area contributed by atoms with E-state index in [-0.39, 0.29) is 5.69 Å². The lowest BCUT2D eigenvalue weighted by molar-refractivity contribution is 0.0689. The van der Waals surface area contributed by atoms with E-state index in [0.29, 0.717) is 0 Å². The third-order valence-electron chi connectivity index (χ3n) is 2.78. The number of carboxylic acid groups (broad SMARTS) is 1. The summed E-state index contributed by atoms with van der Waals surface area (Å²) in [5, 5.41) is 13.3. The van der Waals surface area contributed by atoms with Crippen molar-refractivity contribution in [1.82, 2.24) is 9.78 Å². The van der Waals surface area contributed by atoms with Gasteiger partial charge in [0.15, 0.2) is 5.69 Å². The molecular formula is C12H10N2O2S. The second kappa shape index (κ2) is 3.92. The predicted octanol–water partition coefficient (Wildman–Crippen LogP) is 2.32. The molecule has 3 rings (SSSR count). The highest BCUT2D eigenvalue weighted by atomic mass is 32.2. The van der Waals surface area contributed by atoms with Crippen LogP contribution in [0.3, 0.4) is 0 Å². The second-order valence-electron chi connectivity index (χ2n) is 3.82. The highest BCUT2D eigenvalue weighted by Gasteiger charge is 2.26. The summed E-state index contributed by atoms with van der Waals surface area (Å²) < 4.78 is 1.75. The van der Waals surface area contributed by atoms with Crippen LogP contribution in [0.1, 0.15) is 21.7 Å². The van der Waals surface area contributed by atoms with E-state index in [9.17, 15) is 4.79 Å². The van der Waals surface area contributed by atoms with Gasteiger partial charge in [0.05, 0.1) is 11.4 Å². The van der Waals surface area contributed by atoms with Gasteiger partial charge in [-0.15, -0.1) is 0 Å². The molecule has 0 fully saturated rings. The summed E-state index contributed by atoms with van der Waals surface area (Å²) in [6, 6.07) is 9.64. The first kappa shape index (κ1) is 10.4. The van der Waals surface area contributed by atoms with E-state index in [1.54, 1.807) is 16.4 Å². The fourth-order valence-corrected chi connectivity index (χ4v) is 3.09. The lowest BCUT2D eigenvalue weighted by Gasteiger charge is -2.03. The van der Waals surface area contributed by atoms with E-state index in [0.717, 1.165) is 28.5 Å². The molecule has 0 saturated heterocycles. The van der Waals surface area contributed by atoms with Gasteiger partial charge in [-0.05, 0) is 12.1 Å². The van der Waals surface area contributed by atoms with Crippen molar-refractivity contribution >= 4 is 17.7 Å². The van der Waals surface area contributed by atoms with Gasteiger partial charge in [0.2, 0.25) is 0 Å². The number of hydrogen-bond donors (Lipinski definition) is 1. The Bertz CT molecular complexity index is 578. The Morgan fingerprint density at radius 1 is 1.29 bits per heavy atom. The van der Waals surface area contributed by atoms with Crippen LogP contribution in [0.4, 0.5) is 0 Å². The molecule has 2 aromatic rings. The van der Waals surface area contributed by atoms with E-state index < -0.39 is 5.97 Å². The van der Waals surface area contributed by atoms with Gasteiger partial charge < -0.3 is 5.11 Å². The summed E-state index contributed by atoms with van der Waals surface area (Å²) in [7, 11) is 0. The number of thioether (sulfide) groups is 1. The first-order valence-corrected chi connectivity index (χ1v) is 6.40. The predicted molar refractivity (Wildman–Crippen MR) is 65.5 cm³/mol. The fourth-order valence-electron chi connectivity index (χ4n) is 1.99. The smallest absolute Gasteiger partial charge is 0.356 e. The number of hydrogen-bond acceptors (Lipinski definition) is 3. The van der Waals surface area contributed by atoms with Crippen LogP contribution in [0.5, 0.6) is 0 Å². The van der Waals surface area contributed by atoms with Crippen LogP contribution in [-0.2, 0) is 11.5 Å². The van der Waals surface area contributed by atoms with Gasteiger partial charge in [-0.1, -0.05) is 18.2 Å². The molecule has 4 nitrogen and oxygen atoms in total. The SMILES string of the molecule is O=C(O)c1nn(-c2ccccc2)c2c1CSC2. The van der Waals surface area contributed by atoms with E-state index in [1.165, 1.54) is 0 Å². The molecule has 0 radical (unpaired) electrons. The maximum atomic E-state index is 11.1. The highest BCUT2D eigenvalue weighted by Crippen LogP contribution is 2.33. The lowest BCUT2D eigenvalue weighted by atomic mass is 10.2. The number of carbonyl (C=O) groups is 1. The molecule has 1 aromatic heterocycles. The minimum Gasteiger partial charge on any atom is -0.476 e. The van der Waals surface area contributed by atoms with Crippen LogP contribution in [-0.4, -0.2) is 20.9 Å². The number of para-hydroxylation sites is 1. The molecule has 0 aliphatic carbocycles. The number of fused-ring (bicyclic) bond motifs is 1. The second-order valence-corrected chi connectivity index (χ2v) is 4.80. The summed E-state index contributed by atoms with van der Waals surface area (Å²) in [5.41, 5.74) is 2.98. The maximum absolute atomic E-state index is 11.1. The summed E-state index contributed by atoms with van der Waals surface area (Å²) in [4.78, 5) is 11.1. The Hall–Kier alpha value is -1.75. The maximum Gasteiger partial charge on any atom is 0.356 e. The van der Waals surface area contributed by atoms with Gasteiger partial charge in [0.25, 0.3) is 0 Å². The minimum absolute atomic E-state index is 0.189. The molecule has 2 heterocycles. The van der Waals surface area contributed by atoms with Crippen molar-refractivity contribution in [3.05, 3.63) is 47.3 Å². The molecule has 1 aliphatic rings. The highest BCUT2D eigenvalue weighted by molar-refractivity contribution is 7.98. The topological polar surface area (TPSA) is 55.1 Å². The Morgan fingerprint density at radius 2 is 2.06 bits per heavy atom. The van der Waals surface area contributed by atoms with Crippen molar-refractivity contribution in [2.45, 2.75) is 11.5 Å². The van der Waals surface area contributed by atoms with Crippen molar-refractivity contribution in [2.24, 2.45) is 0 Å². The monoisotopic (exact) mass is 246 g/mol. The summed E-state index contributed by atoms with van der Waals surface area (Å²) in [5.74, 6) is 0.618. The zero-order chi connectivity index (χ0) is 11.8. The van der Waals surface area contributed by atoms with Crippen LogP contribution < -0.4 is 0 Å². The standard InChI is InChI=1S/C12H10N2O2S/c15-12(16)11-9-6-17-7-10(9)14(13-11)8-4-2-1-3-5-8/h1-5H,6-7H2,(H,15,16). The molecular weight excluding hydrogens is 236 g/mol. The first-order chi connectivity index (χ1) is 8.27. The van der Waals surface area contributed by atoms with Crippen LogP contribution >= 0.6 is 11.8 Å². The number of carboxylic acids is 1. The zero-order valence-corrected chi connectivity index (χ0v) is 9.78. The third kappa shape index (κ3) is 1.63. The van der Waals surface area contributed by atoms with Crippen molar-refractivity contribution < 1.29 is 9.90 Å². The van der Waals surface area contributed by atoms with Gasteiger partial charge in [-0.25, -0.2) is 9.48 Å². The average Bonchev–Trinajstić information content (AvgIpc) is 2.90. The number of nitrogens with zero attached hydrogens (tertiary/aromatic N) is 2. The molecule has 1 N–H and O–H groups in total. The third-order valence-corrected chi connectivity index (χ3v) is 3.75. The molecule has 1 aromatic carbocycles. The van der Waals surface area contributed by atoms with Crippen molar-refractivity contribution in [1.29, 1.82) is 0 Å². The molecule has 0 spiro atoms. The molecule has 17 heavy (non-hydrogen) atoms. The van der Waals surface area contributed by atoms with E-state index in [4.69, 9.17) is 5.11 Å². The molecule has 1 aliphatic heterocycles. The van der Waals surface area contributed by atoms with Crippen LogP contribution in [0.25, 0.3) is 5.69 Å². The fraction of sp³-hybridized carbons (Fsp3) is 0.167. The van der Waals surface area contributed by atoms with Gasteiger partial charge in [0.1, 0.15) is 0 Å². The van der Waals surface area contributed by atoms with Crippen LogP contribution in [0, 0.1) is 0 Å². The Morgan fingerprint density at radius 3 is 2.76 bits per heavy atom. The molecule has 0 saturated carbocycles. The Labute approximate surface area is 102 Å². The molecule has 0 bridgehead atoms. The van der Waals surface area contributed by atoms with Crippen molar-refractivity contribution in [3.8, 4) is 5.69 Å². The van der Waals surface area contributed by atoms with E-state index in [1.807, 2.05) is 30.3 Å². The largest absolute Gasteiger partial charge is 0.476 e. The van der Waals surface area contributed by atoms with E-state index >= 15 is 0 Å². The first-order valence-electron chi connectivity index (χ1n) is 5.24. The number of benzene rings is 1. The molecule has 86 valence electrons. The van der Waals surface area contributed by atoms with Crippen molar-refractivity contribution in [3.63, 3.8) is 0 Å². The average molecular weight is 246 g/mol. The summed E-state index contributed by atoms with van der Waals surface area (Å²) >= 11 is 1.73. The molecule has 0 atom stereocenters. The van der Waals surface area contributed by atoms with Gasteiger partial charge in [0, 0.05) is 17.1 Å². The molecule has 0 amide bonds. The van der Waals surface area contributed by atoms with Gasteiger partial charge in [-0.3, -0.25) is 0 Å². The minimum atomic E-state index is -0.946. The molecule has 0 unspecified atom stereocenters. The quantitative estimate of drug-likeness (QED) is 0.883. The summed E-state index contributed by atoms with van der Waals surface area (Å²) in [6.07, 6.45) is 0. The van der Waals surface area contributed by atoms with Crippen LogP contribution in [0.15, 0.2) is 30.3 Å². The van der Waals surface area contributed by atoms with Crippen LogP contribution in [0.2, 0.25) is 0 Å².